The quantitative estimate of drug-likeness (QED) is 0.772. The third-order valence-electron chi connectivity index (χ3n) is 4.44. The topological polar surface area (TPSA) is 49.4 Å². The lowest BCUT2D eigenvalue weighted by molar-refractivity contribution is -0.140. The lowest BCUT2D eigenvalue weighted by atomic mass is 10.1. The number of carbonyl (C=O) groups excluding carboxylic acids is 2. The molecule has 0 spiro atoms. The van der Waals surface area contributed by atoms with E-state index in [1.165, 1.54) is 12.1 Å². The summed E-state index contributed by atoms with van der Waals surface area (Å²) in [6.45, 7) is 6.62. The summed E-state index contributed by atoms with van der Waals surface area (Å²) in [6, 6.07) is 13.3. The van der Waals surface area contributed by atoms with Gasteiger partial charge in [-0.25, -0.2) is 4.39 Å². The summed E-state index contributed by atoms with van der Waals surface area (Å²) >= 11 is 0. The van der Waals surface area contributed by atoms with E-state index < -0.39 is 6.04 Å². The van der Waals surface area contributed by atoms with Crippen LogP contribution in [0.2, 0.25) is 0 Å². The number of aryl methyl sites for hydroxylation is 1. The summed E-state index contributed by atoms with van der Waals surface area (Å²) in [6.07, 6.45) is 0.648. The van der Waals surface area contributed by atoms with Crippen molar-refractivity contribution in [3.05, 3.63) is 71.0 Å². The highest BCUT2D eigenvalue weighted by Crippen LogP contribution is 2.16. The van der Waals surface area contributed by atoms with Gasteiger partial charge in [0.15, 0.2) is 0 Å². The number of hydrogen-bond donors (Lipinski definition) is 1. The van der Waals surface area contributed by atoms with Crippen LogP contribution in [0.15, 0.2) is 48.5 Å². The Morgan fingerprint density at radius 1 is 1.07 bits per heavy atom. The van der Waals surface area contributed by atoms with Crippen molar-refractivity contribution in [2.45, 2.75) is 46.2 Å². The van der Waals surface area contributed by atoms with Gasteiger partial charge in [-0.2, -0.15) is 0 Å². The van der Waals surface area contributed by atoms with Crippen molar-refractivity contribution in [2.75, 3.05) is 6.54 Å². The number of amides is 2. The summed E-state index contributed by atoms with van der Waals surface area (Å²) < 4.78 is 13.1. The van der Waals surface area contributed by atoms with Crippen molar-refractivity contribution in [1.29, 1.82) is 0 Å². The minimum atomic E-state index is -0.543. The molecule has 2 amide bonds. The summed E-state index contributed by atoms with van der Waals surface area (Å²) in [4.78, 5) is 27.2. The molecule has 0 bridgehead atoms. The SMILES string of the molecule is CCNC(=O)[C@H](CC)N(Cc1cccc(C)c1)C(=O)Cc1ccc(F)cc1. The van der Waals surface area contributed by atoms with Crippen molar-refractivity contribution in [3.8, 4) is 0 Å². The van der Waals surface area contributed by atoms with Gasteiger partial charge in [-0.3, -0.25) is 9.59 Å². The highest BCUT2D eigenvalue weighted by molar-refractivity contribution is 5.88. The van der Waals surface area contributed by atoms with Gasteiger partial charge in [-0.1, -0.05) is 48.9 Å². The molecule has 2 rings (SSSR count). The number of hydrogen-bond acceptors (Lipinski definition) is 2. The molecule has 5 heteroatoms. The van der Waals surface area contributed by atoms with Gasteiger partial charge in [-0.05, 0) is 43.5 Å². The van der Waals surface area contributed by atoms with Gasteiger partial charge < -0.3 is 10.2 Å². The van der Waals surface area contributed by atoms with E-state index in [0.29, 0.717) is 19.5 Å². The predicted molar refractivity (Wildman–Crippen MR) is 105 cm³/mol. The molecule has 0 radical (unpaired) electrons. The Bertz CT molecular complexity index is 774. The zero-order chi connectivity index (χ0) is 19.8. The molecule has 0 aliphatic rings. The van der Waals surface area contributed by atoms with E-state index in [4.69, 9.17) is 0 Å². The first kappa shape index (κ1) is 20.6. The Kier molecular flexibility index (Phi) is 7.53. The summed E-state index contributed by atoms with van der Waals surface area (Å²) in [5, 5.41) is 2.82. The van der Waals surface area contributed by atoms with Gasteiger partial charge in [0.05, 0.1) is 6.42 Å². The fourth-order valence-corrected chi connectivity index (χ4v) is 3.10. The molecule has 4 nitrogen and oxygen atoms in total. The molecule has 0 aromatic heterocycles. The van der Waals surface area contributed by atoms with Crippen molar-refractivity contribution >= 4 is 11.8 Å². The smallest absolute Gasteiger partial charge is 0.242 e. The van der Waals surface area contributed by atoms with E-state index in [9.17, 15) is 14.0 Å². The number of carbonyl (C=O) groups is 2. The molecule has 0 aliphatic heterocycles. The van der Waals surface area contributed by atoms with E-state index in [0.717, 1.165) is 16.7 Å². The second-order valence-electron chi connectivity index (χ2n) is 6.63. The van der Waals surface area contributed by atoms with Gasteiger partial charge >= 0.3 is 0 Å². The second kappa shape index (κ2) is 9.86. The monoisotopic (exact) mass is 370 g/mol. The Hall–Kier alpha value is -2.69. The van der Waals surface area contributed by atoms with Crippen LogP contribution in [0.5, 0.6) is 0 Å². The van der Waals surface area contributed by atoms with Crippen LogP contribution in [-0.2, 0) is 22.6 Å². The zero-order valence-corrected chi connectivity index (χ0v) is 16.2. The van der Waals surface area contributed by atoms with Gasteiger partial charge in [0.1, 0.15) is 11.9 Å². The average molecular weight is 370 g/mol. The van der Waals surface area contributed by atoms with Gasteiger partial charge in [0, 0.05) is 13.1 Å². The third-order valence-corrected chi connectivity index (χ3v) is 4.44. The molecule has 0 unspecified atom stereocenters. The van der Waals surface area contributed by atoms with Gasteiger partial charge in [0.2, 0.25) is 11.8 Å². The highest BCUT2D eigenvalue weighted by Gasteiger charge is 2.28. The molecule has 0 heterocycles. The Balaban J connectivity index is 2.27. The second-order valence-corrected chi connectivity index (χ2v) is 6.63. The van der Waals surface area contributed by atoms with Crippen LogP contribution >= 0.6 is 0 Å². The Morgan fingerprint density at radius 2 is 1.78 bits per heavy atom. The molecule has 0 saturated carbocycles. The fourth-order valence-electron chi connectivity index (χ4n) is 3.10. The predicted octanol–water partition coefficient (Wildman–Crippen LogP) is 3.62. The van der Waals surface area contributed by atoms with Crippen LogP contribution in [0.1, 0.15) is 37.0 Å². The number of halogens is 1. The van der Waals surface area contributed by atoms with E-state index in [2.05, 4.69) is 5.32 Å². The first-order chi connectivity index (χ1) is 12.9. The number of benzene rings is 2. The Morgan fingerprint density at radius 3 is 2.37 bits per heavy atom. The van der Waals surface area contributed by atoms with Gasteiger partial charge in [-0.15, -0.1) is 0 Å². The standard InChI is InChI=1S/C22H27FN2O2/c1-4-20(22(27)24-5-2)25(15-18-8-6-7-16(3)13-18)21(26)14-17-9-11-19(23)12-10-17/h6-13,20H,4-5,14-15H2,1-3H3,(H,24,27)/t20-/m0/s1. The number of nitrogens with one attached hydrogen (secondary N) is 1. The van der Waals surface area contributed by atoms with E-state index in [1.807, 2.05) is 45.0 Å². The van der Waals surface area contributed by atoms with Crippen molar-refractivity contribution in [1.82, 2.24) is 10.2 Å². The summed E-state index contributed by atoms with van der Waals surface area (Å²) in [5.41, 5.74) is 2.80. The van der Waals surface area contributed by atoms with Crippen molar-refractivity contribution < 1.29 is 14.0 Å². The number of rotatable bonds is 8. The summed E-state index contributed by atoms with van der Waals surface area (Å²) in [5.74, 6) is -0.641. The minimum Gasteiger partial charge on any atom is -0.355 e. The normalized spacial score (nSPS) is 11.7. The molecule has 2 aromatic rings. The molecule has 0 aliphatic carbocycles. The summed E-state index contributed by atoms with van der Waals surface area (Å²) in [7, 11) is 0. The molecule has 1 N–H and O–H groups in total. The van der Waals surface area contributed by atoms with Crippen LogP contribution < -0.4 is 5.32 Å². The van der Waals surface area contributed by atoms with Crippen LogP contribution in [0.3, 0.4) is 0 Å². The molecular formula is C22H27FN2O2. The maximum absolute atomic E-state index is 13.1. The lowest BCUT2D eigenvalue weighted by Gasteiger charge is -2.30. The highest BCUT2D eigenvalue weighted by atomic mass is 19.1. The van der Waals surface area contributed by atoms with E-state index in [-0.39, 0.29) is 24.1 Å². The fraction of sp³-hybridized carbons (Fsp3) is 0.364. The molecule has 27 heavy (non-hydrogen) atoms. The van der Waals surface area contributed by atoms with Crippen LogP contribution in [0.4, 0.5) is 4.39 Å². The molecule has 0 saturated heterocycles. The molecule has 144 valence electrons. The maximum atomic E-state index is 13.1. The van der Waals surface area contributed by atoms with E-state index >= 15 is 0 Å². The Labute approximate surface area is 160 Å². The maximum Gasteiger partial charge on any atom is 0.242 e. The van der Waals surface area contributed by atoms with E-state index in [1.54, 1.807) is 17.0 Å². The van der Waals surface area contributed by atoms with Gasteiger partial charge in [0.25, 0.3) is 0 Å². The van der Waals surface area contributed by atoms with Crippen LogP contribution in [-0.4, -0.2) is 29.3 Å². The number of likely N-dealkylation sites (N-methyl/N-ethyl adjacent to an activating group) is 1. The molecular weight excluding hydrogens is 343 g/mol. The average Bonchev–Trinajstić information content (AvgIpc) is 2.63. The first-order valence-electron chi connectivity index (χ1n) is 9.31. The van der Waals surface area contributed by atoms with Crippen molar-refractivity contribution in [3.63, 3.8) is 0 Å². The van der Waals surface area contributed by atoms with Crippen molar-refractivity contribution in [2.24, 2.45) is 0 Å². The lowest BCUT2D eigenvalue weighted by Crippen LogP contribution is -2.49. The largest absolute Gasteiger partial charge is 0.355 e. The number of nitrogens with zero attached hydrogens (tertiary/aromatic N) is 1. The molecule has 1 atom stereocenters. The van der Waals surface area contributed by atoms with Crippen LogP contribution in [0.25, 0.3) is 0 Å². The first-order valence-corrected chi connectivity index (χ1v) is 9.31. The van der Waals surface area contributed by atoms with Crippen LogP contribution in [0, 0.1) is 12.7 Å². The molecule has 2 aromatic carbocycles. The minimum absolute atomic E-state index is 0.127. The third kappa shape index (κ3) is 5.91. The zero-order valence-electron chi connectivity index (χ0n) is 16.2. The molecule has 0 fully saturated rings.